The molecule has 0 aliphatic heterocycles. The molecule has 5 rings (SSSR count). The number of nitrogens with zero attached hydrogens (tertiary/aromatic N) is 3. The first-order valence-electron chi connectivity index (χ1n) is 11.8. The van der Waals surface area contributed by atoms with E-state index >= 15 is 0 Å². The van der Waals surface area contributed by atoms with E-state index in [-0.39, 0.29) is 5.95 Å². The van der Waals surface area contributed by atoms with E-state index in [0.29, 0.717) is 17.8 Å². The van der Waals surface area contributed by atoms with E-state index in [2.05, 4.69) is 50.7 Å². The minimum absolute atomic E-state index is 0.248. The van der Waals surface area contributed by atoms with Crippen LogP contribution in [0.15, 0.2) is 18.3 Å². The molecule has 7 nitrogen and oxygen atoms in total. The van der Waals surface area contributed by atoms with Gasteiger partial charge in [0.2, 0.25) is 5.95 Å². The van der Waals surface area contributed by atoms with Crippen molar-refractivity contribution in [2.24, 2.45) is 0 Å². The van der Waals surface area contributed by atoms with Crippen molar-refractivity contribution < 1.29 is 0 Å². The number of hydrogen-bond donors (Lipinski definition) is 4. The summed E-state index contributed by atoms with van der Waals surface area (Å²) in [5.74, 6) is 2.25. The van der Waals surface area contributed by atoms with Gasteiger partial charge in [0.1, 0.15) is 5.82 Å². The molecule has 2 aromatic heterocycles. The summed E-state index contributed by atoms with van der Waals surface area (Å²) in [6.45, 7) is 6.46. The van der Waals surface area contributed by atoms with Crippen LogP contribution in [-0.4, -0.2) is 26.2 Å². The van der Waals surface area contributed by atoms with Gasteiger partial charge < -0.3 is 16.4 Å². The van der Waals surface area contributed by atoms with Gasteiger partial charge in [-0.2, -0.15) is 10.1 Å². The van der Waals surface area contributed by atoms with Crippen LogP contribution in [-0.2, 0) is 0 Å². The number of nitrogens with one attached hydrogen (secondary N) is 3. The zero-order chi connectivity index (χ0) is 22.2. The van der Waals surface area contributed by atoms with Crippen molar-refractivity contribution in [1.82, 2.24) is 20.2 Å². The fraction of sp³-hybridized carbons (Fsp3) is 0.480. The van der Waals surface area contributed by atoms with Crippen molar-refractivity contribution >= 4 is 23.3 Å². The SMILES string of the molecule is Cc1cc(Nc2nc(N)ncc2-c2cc(C)c(NC3CC3)c(C3CCCCC3)c2C)n[nH]1. The monoisotopic (exact) mass is 431 g/mol. The molecule has 5 N–H and O–H groups in total. The maximum atomic E-state index is 5.96. The summed E-state index contributed by atoms with van der Waals surface area (Å²) in [6, 6.07) is 4.86. The molecule has 168 valence electrons. The second kappa shape index (κ2) is 8.45. The molecule has 7 heteroatoms. The molecule has 0 spiro atoms. The van der Waals surface area contributed by atoms with Crippen LogP contribution < -0.4 is 16.4 Å². The first-order valence-corrected chi connectivity index (χ1v) is 11.8. The number of aromatic nitrogens is 4. The molecule has 0 radical (unpaired) electrons. The van der Waals surface area contributed by atoms with E-state index < -0.39 is 0 Å². The first kappa shape index (κ1) is 20.8. The molecule has 2 aliphatic rings. The lowest BCUT2D eigenvalue weighted by Crippen LogP contribution is -2.14. The Labute approximate surface area is 189 Å². The minimum Gasteiger partial charge on any atom is -0.382 e. The zero-order valence-electron chi connectivity index (χ0n) is 19.3. The number of anilines is 4. The molecule has 0 amide bonds. The summed E-state index contributed by atoms with van der Waals surface area (Å²) in [7, 11) is 0. The average Bonchev–Trinajstić information content (AvgIpc) is 3.51. The normalized spacial score (nSPS) is 16.8. The van der Waals surface area contributed by atoms with Gasteiger partial charge in [0.15, 0.2) is 5.82 Å². The van der Waals surface area contributed by atoms with Gasteiger partial charge in [-0.1, -0.05) is 19.3 Å². The Balaban J connectivity index is 1.62. The van der Waals surface area contributed by atoms with Crippen molar-refractivity contribution in [3.63, 3.8) is 0 Å². The van der Waals surface area contributed by atoms with Crippen molar-refractivity contribution in [3.8, 4) is 11.1 Å². The molecule has 0 bridgehead atoms. The number of hydrogen-bond acceptors (Lipinski definition) is 6. The highest BCUT2D eigenvalue weighted by atomic mass is 15.2. The van der Waals surface area contributed by atoms with Crippen molar-refractivity contribution in [2.75, 3.05) is 16.4 Å². The fourth-order valence-corrected chi connectivity index (χ4v) is 5.04. The smallest absolute Gasteiger partial charge is 0.221 e. The maximum absolute atomic E-state index is 5.96. The van der Waals surface area contributed by atoms with E-state index in [1.165, 1.54) is 72.9 Å². The largest absolute Gasteiger partial charge is 0.382 e. The number of nitrogens with two attached hydrogens (primary N) is 1. The Hall–Kier alpha value is -3.09. The highest BCUT2D eigenvalue weighted by molar-refractivity contribution is 5.83. The fourth-order valence-electron chi connectivity index (χ4n) is 5.04. The molecule has 2 heterocycles. The van der Waals surface area contributed by atoms with Gasteiger partial charge in [-0.3, -0.25) is 5.10 Å². The molecule has 2 aliphatic carbocycles. The summed E-state index contributed by atoms with van der Waals surface area (Å²) in [4.78, 5) is 8.87. The Morgan fingerprint density at radius 2 is 1.78 bits per heavy atom. The summed E-state index contributed by atoms with van der Waals surface area (Å²) in [5.41, 5.74) is 14.5. The van der Waals surface area contributed by atoms with Crippen molar-refractivity contribution in [3.05, 3.63) is 40.7 Å². The summed E-state index contributed by atoms with van der Waals surface area (Å²) in [5, 5.41) is 14.5. The third-order valence-corrected chi connectivity index (χ3v) is 6.82. The van der Waals surface area contributed by atoms with Crippen LogP contribution >= 0.6 is 0 Å². The molecule has 3 aromatic rings. The second-order valence-corrected chi connectivity index (χ2v) is 9.46. The lowest BCUT2D eigenvalue weighted by Gasteiger charge is -2.29. The third kappa shape index (κ3) is 4.16. The van der Waals surface area contributed by atoms with Crippen LogP contribution in [0.5, 0.6) is 0 Å². The average molecular weight is 432 g/mol. The van der Waals surface area contributed by atoms with Crippen LogP contribution in [0.1, 0.15) is 73.2 Å². The van der Waals surface area contributed by atoms with Gasteiger partial charge in [0, 0.05) is 35.2 Å². The van der Waals surface area contributed by atoms with Crippen LogP contribution in [0.4, 0.5) is 23.3 Å². The molecule has 1 aromatic carbocycles. The van der Waals surface area contributed by atoms with Crippen molar-refractivity contribution in [1.29, 1.82) is 0 Å². The van der Waals surface area contributed by atoms with Gasteiger partial charge in [0.05, 0.1) is 0 Å². The number of aromatic amines is 1. The predicted molar refractivity (Wildman–Crippen MR) is 130 cm³/mol. The van der Waals surface area contributed by atoms with E-state index in [1.54, 1.807) is 0 Å². The van der Waals surface area contributed by atoms with E-state index in [1.807, 2.05) is 19.2 Å². The molecule has 0 saturated heterocycles. The maximum Gasteiger partial charge on any atom is 0.221 e. The van der Waals surface area contributed by atoms with Crippen molar-refractivity contribution in [2.45, 2.75) is 77.7 Å². The molecular weight excluding hydrogens is 398 g/mol. The minimum atomic E-state index is 0.248. The third-order valence-electron chi connectivity index (χ3n) is 6.82. The first-order chi connectivity index (χ1) is 15.5. The van der Waals surface area contributed by atoms with Gasteiger partial charge in [-0.05, 0) is 80.7 Å². The van der Waals surface area contributed by atoms with Gasteiger partial charge in [-0.25, -0.2) is 4.98 Å². The van der Waals surface area contributed by atoms with Crippen LogP contribution in [0.2, 0.25) is 0 Å². The predicted octanol–water partition coefficient (Wildman–Crippen LogP) is 5.74. The molecule has 0 atom stereocenters. The Morgan fingerprint density at radius 3 is 2.47 bits per heavy atom. The van der Waals surface area contributed by atoms with Crippen LogP contribution in [0, 0.1) is 20.8 Å². The van der Waals surface area contributed by atoms with Gasteiger partial charge in [-0.15, -0.1) is 0 Å². The Morgan fingerprint density at radius 1 is 1.00 bits per heavy atom. The second-order valence-electron chi connectivity index (χ2n) is 9.46. The molecule has 2 fully saturated rings. The Kier molecular flexibility index (Phi) is 5.49. The quantitative estimate of drug-likeness (QED) is 0.397. The summed E-state index contributed by atoms with van der Waals surface area (Å²) in [6.07, 6.45) is 10.9. The molecule has 2 saturated carbocycles. The number of aryl methyl sites for hydroxylation is 2. The topological polar surface area (TPSA) is 105 Å². The van der Waals surface area contributed by atoms with E-state index in [9.17, 15) is 0 Å². The number of benzene rings is 1. The zero-order valence-corrected chi connectivity index (χ0v) is 19.3. The highest BCUT2D eigenvalue weighted by Crippen LogP contribution is 2.45. The lowest BCUT2D eigenvalue weighted by molar-refractivity contribution is 0.443. The highest BCUT2D eigenvalue weighted by Gasteiger charge is 2.28. The summed E-state index contributed by atoms with van der Waals surface area (Å²) < 4.78 is 0. The summed E-state index contributed by atoms with van der Waals surface area (Å²) >= 11 is 0. The van der Waals surface area contributed by atoms with E-state index in [0.717, 1.165) is 17.1 Å². The van der Waals surface area contributed by atoms with Gasteiger partial charge in [0.25, 0.3) is 0 Å². The number of H-pyrrole nitrogens is 1. The molecule has 0 unspecified atom stereocenters. The molecular formula is C25H33N7. The molecule has 32 heavy (non-hydrogen) atoms. The Bertz CT molecular complexity index is 1120. The lowest BCUT2D eigenvalue weighted by atomic mass is 9.78. The number of rotatable bonds is 6. The standard InChI is InChI=1S/C25H33N7/c1-14-11-19(20-13-27-25(26)30-24(20)29-21-12-15(2)31-32-21)16(3)22(17-7-5-4-6-8-17)23(14)28-18-9-10-18/h11-13,17-18,28H,4-10H2,1-3H3,(H4,26,27,29,30,31,32). The number of nitrogen functional groups attached to an aromatic ring is 1. The van der Waals surface area contributed by atoms with Crippen LogP contribution in [0.3, 0.4) is 0 Å². The van der Waals surface area contributed by atoms with E-state index in [4.69, 9.17) is 5.73 Å². The van der Waals surface area contributed by atoms with Gasteiger partial charge >= 0.3 is 0 Å². The van der Waals surface area contributed by atoms with Crippen LogP contribution in [0.25, 0.3) is 11.1 Å².